The standard InChI is InChI=1S/C24H32FN3O4S/c1-18(2)32-23-12-11-21(33(30,31)28-13-5-4-6-14-28)15-22(23)26-24(29)17-27(3)16-19-7-9-20(25)10-8-19/h7-12,15,18H,4-6,13-14,16-17H2,1-3H3,(H,26,29). The molecule has 180 valence electrons. The van der Waals surface area contributed by atoms with Crippen molar-refractivity contribution in [2.24, 2.45) is 0 Å². The summed E-state index contributed by atoms with van der Waals surface area (Å²) in [6, 6.07) is 10.7. The van der Waals surface area contributed by atoms with Gasteiger partial charge in [-0.2, -0.15) is 4.31 Å². The third-order valence-electron chi connectivity index (χ3n) is 5.32. The Morgan fingerprint density at radius 2 is 1.79 bits per heavy atom. The van der Waals surface area contributed by atoms with Crippen LogP contribution in [-0.4, -0.2) is 56.3 Å². The van der Waals surface area contributed by atoms with Crippen molar-refractivity contribution in [1.29, 1.82) is 0 Å². The molecule has 0 aromatic heterocycles. The number of hydrogen-bond donors (Lipinski definition) is 1. The molecule has 1 fully saturated rings. The van der Waals surface area contributed by atoms with E-state index < -0.39 is 10.0 Å². The number of anilines is 1. The number of nitrogens with one attached hydrogen (secondary N) is 1. The summed E-state index contributed by atoms with van der Waals surface area (Å²) in [6.07, 6.45) is 2.57. The minimum atomic E-state index is -3.65. The van der Waals surface area contributed by atoms with Crippen molar-refractivity contribution < 1.29 is 22.3 Å². The molecule has 0 unspecified atom stereocenters. The smallest absolute Gasteiger partial charge is 0.243 e. The van der Waals surface area contributed by atoms with E-state index in [-0.39, 0.29) is 29.3 Å². The van der Waals surface area contributed by atoms with Crippen molar-refractivity contribution in [2.45, 2.75) is 50.7 Å². The highest BCUT2D eigenvalue weighted by molar-refractivity contribution is 7.89. The molecule has 2 aromatic carbocycles. The number of rotatable bonds is 9. The van der Waals surface area contributed by atoms with Crippen molar-refractivity contribution in [3.05, 3.63) is 53.8 Å². The largest absolute Gasteiger partial charge is 0.489 e. The number of amides is 1. The molecule has 1 aliphatic rings. The molecule has 1 N–H and O–H groups in total. The molecule has 1 heterocycles. The first-order valence-electron chi connectivity index (χ1n) is 11.2. The van der Waals surface area contributed by atoms with E-state index in [2.05, 4.69) is 5.32 Å². The number of benzene rings is 2. The first kappa shape index (κ1) is 25.1. The average Bonchev–Trinajstić information content (AvgIpc) is 2.76. The van der Waals surface area contributed by atoms with Crippen LogP contribution in [0.5, 0.6) is 5.75 Å². The summed E-state index contributed by atoms with van der Waals surface area (Å²) in [5, 5.41) is 2.81. The van der Waals surface area contributed by atoms with E-state index in [9.17, 15) is 17.6 Å². The summed E-state index contributed by atoms with van der Waals surface area (Å²) >= 11 is 0. The summed E-state index contributed by atoms with van der Waals surface area (Å²) in [5.41, 5.74) is 1.20. The van der Waals surface area contributed by atoms with Crippen molar-refractivity contribution in [1.82, 2.24) is 9.21 Å². The molecule has 0 atom stereocenters. The quantitative estimate of drug-likeness (QED) is 0.593. The van der Waals surface area contributed by atoms with Gasteiger partial charge in [0.15, 0.2) is 0 Å². The summed E-state index contributed by atoms with van der Waals surface area (Å²) in [7, 11) is -1.86. The maximum Gasteiger partial charge on any atom is 0.243 e. The lowest BCUT2D eigenvalue weighted by molar-refractivity contribution is -0.117. The molecule has 0 aliphatic carbocycles. The van der Waals surface area contributed by atoms with Crippen LogP contribution in [0.3, 0.4) is 0 Å². The van der Waals surface area contributed by atoms with Gasteiger partial charge in [-0.1, -0.05) is 18.6 Å². The molecule has 7 nitrogen and oxygen atoms in total. The lowest BCUT2D eigenvalue weighted by Gasteiger charge is -2.26. The molecule has 9 heteroatoms. The lowest BCUT2D eigenvalue weighted by atomic mass is 10.2. The number of likely N-dealkylation sites (N-methyl/N-ethyl adjacent to an activating group) is 1. The minimum Gasteiger partial charge on any atom is -0.489 e. The Morgan fingerprint density at radius 3 is 2.42 bits per heavy atom. The second kappa shape index (κ2) is 11.1. The Labute approximate surface area is 195 Å². The zero-order valence-electron chi connectivity index (χ0n) is 19.4. The van der Waals surface area contributed by atoms with Crippen LogP contribution < -0.4 is 10.1 Å². The zero-order valence-corrected chi connectivity index (χ0v) is 20.2. The van der Waals surface area contributed by atoms with Crippen LogP contribution in [0.2, 0.25) is 0 Å². The SMILES string of the molecule is CC(C)Oc1ccc(S(=O)(=O)N2CCCCC2)cc1NC(=O)CN(C)Cc1ccc(F)cc1. The molecule has 33 heavy (non-hydrogen) atoms. The van der Waals surface area contributed by atoms with E-state index in [1.54, 1.807) is 30.1 Å². The second-order valence-electron chi connectivity index (χ2n) is 8.64. The number of sulfonamides is 1. The Balaban J connectivity index is 1.75. The third-order valence-corrected chi connectivity index (χ3v) is 7.21. The fourth-order valence-corrected chi connectivity index (χ4v) is 5.31. The fourth-order valence-electron chi connectivity index (χ4n) is 3.77. The number of ether oxygens (including phenoxy) is 1. The summed E-state index contributed by atoms with van der Waals surface area (Å²) in [5.74, 6) is -0.200. The van der Waals surface area contributed by atoms with Crippen LogP contribution in [0, 0.1) is 5.82 Å². The molecule has 0 radical (unpaired) electrons. The molecule has 0 bridgehead atoms. The molecular formula is C24H32FN3O4S. The van der Waals surface area contributed by atoms with E-state index in [0.717, 1.165) is 24.8 Å². The number of nitrogens with zero attached hydrogens (tertiary/aromatic N) is 2. The van der Waals surface area contributed by atoms with Crippen LogP contribution in [0.15, 0.2) is 47.4 Å². The molecule has 0 spiro atoms. The first-order chi connectivity index (χ1) is 15.6. The monoisotopic (exact) mass is 477 g/mol. The topological polar surface area (TPSA) is 79.0 Å². The maximum atomic E-state index is 13.1. The number of piperidine rings is 1. The first-order valence-corrected chi connectivity index (χ1v) is 12.6. The third kappa shape index (κ3) is 6.99. The molecule has 0 saturated carbocycles. The maximum absolute atomic E-state index is 13.1. The van der Waals surface area contributed by atoms with E-state index in [4.69, 9.17) is 4.74 Å². The molecule has 3 rings (SSSR count). The number of halogens is 1. The lowest BCUT2D eigenvalue weighted by Crippen LogP contribution is -2.35. The van der Waals surface area contributed by atoms with Gasteiger partial charge in [0.05, 0.1) is 23.2 Å². The van der Waals surface area contributed by atoms with Gasteiger partial charge in [0.2, 0.25) is 15.9 Å². The molecular weight excluding hydrogens is 445 g/mol. The van der Waals surface area contributed by atoms with Crippen LogP contribution >= 0.6 is 0 Å². The predicted molar refractivity (Wildman–Crippen MR) is 126 cm³/mol. The Bertz CT molecular complexity index is 1050. The van der Waals surface area contributed by atoms with E-state index in [1.807, 2.05) is 13.8 Å². The van der Waals surface area contributed by atoms with Gasteiger partial charge >= 0.3 is 0 Å². The highest BCUT2D eigenvalue weighted by Gasteiger charge is 2.27. The van der Waals surface area contributed by atoms with Gasteiger partial charge in [-0.3, -0.25) is 9.69 Å². The van der Waals surface area contributed by atoms with E-state index >= 15 is 0 Å². The van der Waals surface area contributed by atoms with Gasteiger partial charge in [0, 0.05) is 19.6 Å². The number of carbonyl (C=O) groups is 1. The van der Waals surface area contributed by atoms with Crippen molar-refractivity contribution in [3.8, 4) is 5.75 Å². The van der Waals surface area contributed by atoms with Crippen molar-refractivity contribution >= 4 is 21.6 Å². The Hall–Kier alpha value is -2.49. The van der Waals surface area contributed by atoms with Crippen LogP contribution in [0.1, 0.15) is 38.7 Å². The highest BCUT2D eigenvalue weighted by Crippen LogP contribution is 2.31. The van der Waals surface area contributed by atoms with Crippen molar-refractivity contribution in [3.63, 3.8) is 0 Å². The van der Waals surface area contributed by atoms with Crippen LogP contribution in [0.25, 0.3) is 0 Å². The summed E-state index contributed by atoms with van der Waals surface area (Å²) in [4.78, 5) is 14.7. The van der Waals surface area contributed by atoms with Crippen LogP contribution in [0.4, 0.5) is 10.1 Å². The Kier molecular flexibility index (Phi) is 8.45. The predicted octanol–water partition coefficient (Wildman–Crippen LogP) is 3.86. The average molecular weight is 478 g/mol. The van der Waals surface area contributed by atoms with Crippen LogP contribution in [-0.2, 0) is 21.4 Å². The molecule has 1 amide bonds. The highest BCUT2D eigenvalue weighted by atomic mass is 32.2. The fraction of sp³-hybridized carbons (Fsp3) is 0.458. The Morgan fingerprint density at radius 1 is 1.12 bits per heavy atom. The van der Waals surface area contributed by atoms with Gasteiger partial charge in [-0.15, -0.1) is 0 Å². The van der Waals surface area contributed by atoms with Gasteiger partial charge in [0.25, 0.3) is 0 Å². The number of hydrogen-bond acceptors (Lipinski definition) is 5. The molecule has 1 saturated heterocycles. The van der Waals surface area contributed by atoms with Gasteiger partial charge in [-0.05, 0) is 69.6 Å². The summed E-state index contributed by atoms with van der Waals surface area (Å²) in [6.45, 7) is 5.26. The zero-order chi connectivity index (χ0) is 24.0. The normalized spacial score (nSPS) is 15.1. The van der Waals surface area contributed by atoms with Gasteiger partial charge in [0.1, 0.15) is 11.6 Å². The van der Waals surface area contributed by atoms with E-state index in [0.29, 0.717) is 31.1 Å². The van der Waals surface area contributed by atoms with Crippen molar-refractivity contribution in [2.75, 3.05) is 32.0 Å². The van der Waals surface area contributed by atoms with Gasteiger partial charge in [-0.25, -0.2) is 12.8 Å². The summed E-state index contributed by atoms with van der Waals surface area (Å²) < 4.78 is 46.6. The second-order valence-corrected chi connectivity index (χ2v) is 10.6. The molecule has 2 aromatic rings. The minimum absolute atomic E-state index is 0.0710. The van der Waals surface area contributed by atoms with Gasteiger partial charge < -0.3 is 10.1 Å². The molecule has 1 aliphatic heterocycles. The van der Waals surface area contributed by atoms with E-state index in [1.165, 1.54) is 28.6 Å². The number of carbonyl (C=O) groups excluding carboxylic acids is 1.